The summed E-state index contributed by atoms with van der Waals surface area (Å²) in [7, 11) is 0. The molecule has 1 heterocycles. The molecule has 0 atom stereocenters. The first-order valence-electron chi connectivity index (χ1n) is 6.19. The first kappa shape index (κ1) is 15.2. The molecule has 1 rings (SSSR count). The number of carbonyl (C=O) groups excluding carboxylic acids is 1. The smallest absolute Gasteiger partial charge is 0.404 e. The van der Waals surface area contributed by atoms with E-state index in [1.807, 2.05) is 13.8 Å². The van der Waals surface area contributed by atoms with Crippen LogP contribution in [-0.2, 0) is 11.3 Å². The molecule has 7 heteroatoms. The van der Waals surface area contributed by atoms with Crippen molar-refractivity contribution < 1.29 is 14.1 Å². The molecule has 0 unspecified atom stereocenters. The van der Waals surface area contributed by atoms with Gasteiger partial charge in [-0.25, -0.2) is 0 Å². The maximum atomic E-state index is 11.4. The molecule has 0 bridgehead atoms. The number of rotatable bonds is 8. The van der Waals surface area contributed by atoms with Gasteiger partial charge >= 0.3 is 5.88 Å². The lowest BCUT2D eigenvalue weighted by Gasteiger charge is -2.07. The zero-order valence-electron chi connectivity index (χ0n) is 11.1. The Hall–Kier alpha value is -1.89. The van der Waals surface area contributed by atoms with Crippen molar-refractivity contribution in [2.45, 2.75) is 26.8 Å². The van der Waals surface area contributed by atoms with Gasteiger partial charge in [-0.05, 0) is 12.0 Å². The molecule has 19 heavy (non-hydrogen) atoms. The van der Waals surface area contributed by atoms with Crippen LogP contribution in [0.1, 0.15) is 26.0 Å². The second-order valence-electron chi connectivity index (χ2n) is 4.62. The van der Waals surface area contributed by atoms with Crippen LogP contribution >= 0.6 is 0 Å². The zero-order chi connectivity index (χ0) is 14.3. The summed E-state index contributed by atoms with van der Waals surface area (Å²) >= 11 is 0. The Morgan fingerprint density at radius 2 is 2.21 bits per heavy atom. The van der Waals surface area contributed by atoms with Gasteiger partial charge in [-0.2, -0.15) is 0 Å². The summed E-state index contributed by atoms with van der Waals surface area (Å²) in [5.74, 6) is 0.632. The summed E-state index contributed by atoms with van der Waals surface area (Å²) in [4.78, 5) is 21.2. The van der Waals surface area contributed by atoms with Crippen LogP contribution in [0.15, 0.2) is 16.5 Å². The molecule has 0 aliphatic rings. The number of amides is 1. The van der Waals surface area contributed by atoms with Crippen LogP contribution < -0.4 is 10.6 Å². The third kappa shape index (κ3) is 6.01. The molecular weight excluding hydrogens is 250 g/mol. The molecule has 0 spiro atoms. The lowest BCUT2D eigenvalue weighted by molar-refractivity contribution is -0.402. The highest BCUT2D eigenvalue weighted by atomic mass is 16.6. The lowest BCUT2D eigenvalue weighted by atomic mass is 10.2. The minimum Gasteiger partial charge on any atom is -0.404 e. The van der Waals surface area contributed by atoms with Crippen molar-refractivity contribution in [2.24, 2.45) is 5.92 Å². The van der Waals surface area contributed by atoms with E-state index in [0.29, 0.717) is 37.7 Å². The van der Waals surface area contributed by atoms with E-state index >= 15 is 0 Å². The average Bonchev–Trinajstić information content (AvgIpc) is 2.81. The zero-order valence-corrected chi connectivity index (χ0v) is 11.1. The first-order chi connectivity index (χ1) is 8.99. The molecular formula is C12H19N3O4. The van der Waals surface area contributed by atoms with Gasteiger partial charge in [0.15, 0.2) is 0 Å². The average molecular weight is 269 g/mol. The summed E-state index contributed by atoms with van der Waals surface area (Å²) < 4.78 is 4.97. The Bertz CT molecular complexity index is 428. The number of nitrogens with one attached hydrogen (secondary N) is 2. The van der Waals surface area contributed by atoms with Crippen LogP contribution in [0.3, 0.4) is 0 Å². The molecule has 1 amide bonds. The topological polar surface area (TPSA) is 97.4 Å². The Balaban J connectivity index is 2.16. The third-order valence-corrected chi connectivity index (χ3v) is 2.36. The predicted molar refractivity (Wildman–Crippen MR) is 69.5 cm³/mol. The van der Waals surface area contributed by atoms with Crippen molar-refractivity contribution >= 4 is 11.8 Å². The quantitative estimate of drug-likeness (QED) is 0.423. The lowest BCUT2D eigenvalue weighted by Crippen LogP contribution is -2.30. The van der Waals surface area contributed by atoms with Crippen molar-refractivity contribution in [2.75, 3.05) is 13.1 Å². The molecule has 0 saturated carbocycles. The number of furan rings is 1. The van der Waals surface area contributed by atoms with Crippen LogP contribution in [-0.4, -0.2) is 23.9 Å². The van der Waals surface area contributed by atoms with Gasteiger partial charge in [0.2, 0.25) is 5.91 Å². The number of nitro groups is 1. The van der Waals surface area contributed by atoms with Crippen LogP contribution in [0, 0.1) is 16.0 Å². The maximum absolute atomic E-state index is 11.4. The fourth-order valence-corrected chi connectivity index (χ4v) is 1.38. The highest BCUT2D eigenvalue weighted by Crippen LogP contribution is 2.14. The Kier molecular flexibility index (Phi) is 6.01. The number of hydrogen-bond acceptors (Lipinski definition) is 5. The largest absolute Gasteiger partial charge is 0.433 e. The van der Waals surface area contributed by atoms with Gasteiger partial charge in [0.25, 0.3) is 0 Å². The summed E-state index contributed by atoms with van der Waals surface area (Å²) in [6, 6.07) is 2.86. The van der Waals surface area contributed by atoms with Crippen molar-refractivity contribution in [3.63, 3.8) is 0 Å². The molecule has 0 aliphatic heterocycles. The molecule has 0 saturated heterocycles. The molecule has 0 radical (unpaired) electrons. The fraction of sp³-hybridized carbons (Fsp3) is 0.583. The van der Waals surface area contributed by atoms with E-state index in [4.69, 9.17) is 4.42 Å². The van der Waals surface area contributed by atoms with Crippen molar-refractivity contribution in [1.29, 1.82) is 0 Å². The second-order valence-corrected chi connectivity index (χ2v) is 4.62. The van der Waals surface area contributed by atoms with Gasteiger partial charge in [-0.15, -0.1) is 0 Å². The van der Waals surface area contributed by atoms with E-state index in [9.17, 15) is 14.9 Å². The molecule has 1 aromatic rings. The van der Waals surface area contributed by atoms with E-state index in [2.05, 4.69) is 10.6 Å². The Labute approximate surface area is 111 Å². The van der Waals surface area contributed by atoms with Gasteiger partial charge in [-0.3, -0.25) is 14.9 Å². The molecule has 7 nitrogen and oxygen atoms in total. The van der Waals surface area contributed by atoms with Gasteiger partial charge in [0.05, 0.1) is 12.6 Å². The molecule has 0 aliphatic carbocycles. The van der Waals surface area contributed by atoms with E-state index < -0.39 is 4.92 Å². The number of carbonyl (C=O) groups is 1. The van der Waals surface area contributed by atoms with Gasteiger partial charge in [-0.1, -0.05) is 13.8 Å². The van der Waals surface area contributed by atoms with Crippen molar-refractivity contribution in [3.05, 3.63) is 28.0 Å². The minimum absolute atomic E-state index is 0.00775. The highest BCUT2D eigenvalue weighted by molar-refractivity contribution is 5.76. The molecule has 1 aromatic heterocycles. The van der Waals surface area contributed by atoms with Crippen LogP contribution in [0.2, 0.25) is 0 Å². The van der Waals surface area contributed by atoms with Crippen molar-refractivity contribution in [1.82, 2.24) is 10.6 Å². The number of hydrogen-bond donors (Lipinski definition) is 2. The van der Waals surface area contributed by atoms with Crippen molar-refractivity contribution in [3.8, 4) is 0 Å². The fourth-order valence-electron chi connectivity index (χ4n) is 1.38. The number of nitrogens with zero attached hydrogens (tertiary/aromatic N) is 1. The molecule has 0 fully saturated rings. The second kappa shape index (κ2) is 7.52. The van der Waals surface area contributed by atoms with E-state index in [1.54, 1.807) is 6.07 Å². The predicted octanol–water partition coefficient (Wildman–Crippen LogP) is 1.44. The first-order valence-corrected chi connectivity index (χ1v) is 6.19. The van der Waals surface area contributed by atoms with E-state index in [0.717, 1.165) is 0 Å². The van der Waals surface area contributed by atoms with E-state index in [-0.39, 0.29) is 11.8 Å². The summed E-state index contributed by atoms with van der Waals surface area (Å²) in [5.41, 5.74) is 0. The van der Waals surface area contributed by atoms with Gasteiger partial charge in [0, 0.05) is 19.5 Å². The Morgan fingerprint density at radius 1 is 1.47 bits per heavy atom. The molecule has 0 aromatic carbocycles. The monoisotopic (exact) mass is 269 g/mol. The summed E-state index contributed by atoms with van der Waals surface area (Å²) in [6.45, 7) is 5.59. The Morgan fingerprint density at radius 3 is 2.79 bits per heavy atom. The SMILES string of the molecule is CC(C)CNC(=O)CCNCc1ccc([N+](=O)[O-])o1. The third-order valence-electron chi connectivity index (χ3n) is 2.36. The van der Waals surface area contributed by atoms with Gasteiger partial charge in [0.1, 0.15) is 10.7 Å². The maximum Gasteiger partial charge on any atom is 0.433 e. The molecule has 2 N–H and O–H groups in total. The van der Waals surface area contributed by atoms with Crippen LogP contribution in [0.5, 0.6) is 0 Å². The van der Waals surface area contributed by atoms with E-state index in [1.165, 1.54) is 6.07 Å². The van der Waals surface area contributed by atoms with Gasteiger partial charge < -0.3 is 15.1 Å². The van der Waals surface area contributed by atoms with Crippen LogP contribution in [0.4, 0.5) is 5.88 Å². The standard InChI is InChI=1S/C12H19N3O4/c1-9(2)7-14-11(16)5-6-13-8-10-3-4-12(19-10)15(17)18/h3-4,9,13H,5-8H2,1-2H3,(H,14,16). The normalized spacial score (nSPS) is 10.7. The minimum atomic E-state index is -0.580. The summed E-state index contributed by atoms with van der Waals surface area (Å²) in [5, 5.41) is 16.2. The summed E-state index contributed by atoms with van der Waals surface area (Å²) in [6.07, 6.45) is 0.371. The van der Waals surface area contributed by atoms with Crippen LogP contribution in [0.25, 0.3) is 0 Å². The highest BCUT2D eigenvalue weighted by Gasteiger charge is 2.11. The molecule has 106 valence electrons.